The molecule has 5 rings (SSSR count). The van der Waals surface area contributed by atoms with E-state index >= 15 is 0 Å². The first kappa shape index (κ1) is 24.2. The molecule has 0 unspecified atom stereocenters. The van der Waals surface area contributed by atoms with E-state index in [1.54, 1.807) is 54.6 Å². The van der Waals surface area contributed by atoms with Crippen molar-refractivity contribution in [2.75, 3.05) is 5.75 Å². The van der Waals surface area contributed by atoms with E-state index < -0.39 is 0 Å². The molecule has 0 fully saturated rings. The van der Waals surface area contributed by atoms with Gasteiger partial charge in [-0.3, -0.25) is 19.0 Å². The van der Waals surface area contributed by atoms with Crippen LogP contribution in [-0.4, -0.2) is 27.1 Å². The minimum Gasteiger partial charge on any atom is -0.467 e. The fraction of sp³-hybridized carbons (Fsp3) is 0.154. The summed E-state index contributed by atoms with van der Waals surface area (Å²) in [5.74, 6) is 1.28. The lowest BCUT2D eigenvalue weighted by Crippen LogP contribution is -2.27. The Hall–Kier alpha value is -4.51. The van der Waals surface area contributed by atoms with Crippen molar-refractivity contribution in [1.29, 1.82) is 0 Å². The monoisotopic (exact) mass is 518 g/mol. The Labute approximate surface area is 214 Å². The maximum atomic E-state index is 13.4. The molecule has 10 nitrogen and oxygen atoms in total. The van der Waals surface area contributed by atoms with E-state index in [0.717, 1.165) is 11.8 Å². The van der Waals surface area contributed by atoms with E-state index in [2.05, 4.69) is 15.6 Å². The molecular formula is C26H22N4O6S. The van der Waals surface area contributed by atoms with Crippen molar-refractivity contribution >= 4 is 34.5 Å². The number of nitrogens with zero attached hydrogens (tertiary/aromatic N) is 2. The van der Waals surface area contributed by atoms with E-state index in [-0.39, 0.29) is 42.8 Å². The van der Waals surface area contributed by atoms with E-state index in [0.29, 0.717) is 38.9 Å². The summed E-state index contributed by atoms with van der Waals surface area (Å²) < 4.78 is 17.4. The van der Waals surface area contributed by atoms with E-state index in [9.17, 15) is 14.4 Å². The van der Waals surface area contributed by atoms with Crippen LogP contribution in [0.3, 0.4) is 0 Å². The van der Waals surface area contributed by atoms with Crippen LogP contribution in [0.15, 0.2) is 96.6 Å². The number of furan rings is 3. The maximum absolute atomic E-state index is 13.4. The van der Waals surface area contributed by atoms with Crippen LogP contribution in [-0.2, 0) is 24.4 Å². The van der Waals surface area contributed by atoms with Crippen LogP contribution in [0, 0.1) is 0 Å². The van der Waals surface area contributed by atoms with Crippen molar-refractivity contribution in [3.8, 4) is 0 Å². The van der Waals surface area contributed by atoms with Crippen molar-refractivity contribution in [1.82, 2.24) is 20.2 Å². The van der Waals surface area contributed by atoms with Crippen molar-refractivity contribution in [2.24, 2.45) is 0 Å². The molecule has 4 heterocycles. The highest BCUT2D eigenvalue weighted by Crippen LogP contribution is 2.20. The average molecular weight is 519 g/mol. The van der Waals surface area contributed by atoms with Gasteiger partial charge in [-0.05, 0) is 54.6 Å². The summed E-state index contributed by atoms with van der Waals surface area (Å²) >= 11 is 1.12. The number of amides is 2. The van der Waals surface area contributed by atoms with Gasteiger partial charge in [0.25, 0.3) is 11.5 Å². The van der Waals surface area contributed by atoms with Crippen LogP contribution in [0.5, 0.6) is 0 Å². The van der Waals surface area contributed by atoms with Crippen molar-refractivity contribution in [3.05, 3.63) is 107 Å². The molecule has 0 spiro atoms. The zero-order valence-corrected chi connectivity index (χ0v) is 20.3. The number of benzene rings is 1. The third-order valence-electron chi connectivity index (χ3n) is 5.45. The molecule has 11 heteroatoms. The fourth-order valence-corrected chi connectivity index (χ4v) is 4.44. The molecule has 5 aromatic rings. The summed E-state index contributed by atoms with van der Waals surface area (Å²) in [6.45, 7) is 0.639. The summed E-state index contributed by atoms with van der Waals surface area (Å²) in [4.78, 5) is 43.2. The van der Waals surface area contributed by atoms with Crippen LogP contribution >= 0.6 is 11.8 Å². The summed E-state index contributed by atoms with van der Waals surface area (Å²) in [6.07, 6.45) is 4.59. The van der Waals surface area contributed by atoms with Gasteiger partial charge in [-0.25, -0.2) is 4.98 Å². The highest BCUT2D eigenvalue weighted by Gasteiger charge is 2.17. The molecule has 1 aromatic carbocycles. The average Bonchev–Trinajstić information content (AvgIpc) is 3.70. The van der Waals surface area contributed by atoms with Crippen molar-refractivity contribution in [2.45, 2.75) is 24.8 Å². The number of nitrogens with one attached hydrogen (secondary N) is 2. The molecule has 4 aromatic heterocycles. The van der Waals surface area contributed by atoms with Crippen LogP contribution < -0.4 is 16.2 Å². The van der Waals surface area contributed by atoms with Gasteiger partial charge in [-0.2, -0.15) is 0 Å². The topological polar surface area (TPSA) is 133 Å². The molecule has 0 bridgehead atoms. The third kappa shape index (κ3) is 5.84. The Morgan fingerprint density at radius 2 is 1.51 bits per heavy atom. The first-order valence-corrected chi connectivity index (χ1v) is 12.3. The van der Waals surface area contributed by atoms with Crippen molar-refractivity contribution in [3.63, 3.8) is 0 Å². The Kier molecular flexibility index (Phi) is 7.22. The molecule has 0 aliphatic rings. The van der Waals surface area contributed by atoms with Crippen LogP contribution in [0.1, 0.15) is 27.6 Å². The van der Waals surface area contributed by atoms with E-state index in [4.69, 9.17) is 13.3 Å². The number of fused-ring (bicyclic) bond motifs is 1. The summed E-state index contributed by atoms with van der Waals surface area (Å²) in [6, 6.07) is 15.2. The smallest absolute Gasteiger partial charge is 0.262 e. The number of carbonyl (C=O) groups is 2. The van der Waals surface area contributed by atoms with Gasteiger partial charge in [0.2, 0.25) is 5.91 Å². The lowest BCUT2D eigenvalue weighted by molar-refractivity contribution is -0.118. The molecule has 188 valence electrons. The second-order valence-electron chi connectivity index (χ2n) is 8.00. The van der Waals surface area contributed by atoms with Gasteiger partial charge in [0.15, 0.2) is 5.16 Å². The number of hydrogen-bond donors (Lipinski definition) is 2. The van der Waals surface area contributed by atoms with Crippen LogP contribution in [0.2, 0.25) is 0 Å². The van der Waals surface area contributed by atoms with Gasteiger partial charge in [0.05, 0.1) is 55.1 Å². The highest BCUT2D eigenvalue weighted by molar-refractivity contribution is 7.99. The second kappa shape index (κ2) is 11.0. The Morgan fingerprint density at radius 3 is 2.16 bits per heavy atom. The molecule has 0 aliphatic heterocycles. The zero-order chi connectivity index (χ0) is 25.6. The fourth-order valence-electron chi connectivity index (χ4n) is 3.61. The van der Waals surface area contributed by atoms with Crippen LogP contribution in [0.25, 0.3) is 10.9 Å². The predicted octanol–water partition coefficient (Wildman–Crippen LogP) is 3.56. The quantitative estimate of drug-likeness (QED) is 0.212. The van der Waals surface area contributed by atoms with Gasteiger partial charge in [0, 0.05) is 5.56 Å². The lowest BCUT2D eigenvalue weighted by Gasteiger charge is -2.13. The normalized spacial score (nSPS) is 11.0. The molecule has 0 atom stereocenters. The van der Waals surface area contributed by atoms with Gasteiger partial charge in [0.1, 0.15) is 17.3 Å². The maximum Gasteiger partial charge on any atom is 0.262 e. The van der Waals surface area contributed by atoms with Gasteiger partial charge in [-0.1, -0.05) is 11.8 Å². The number of carbonyl (C=O) groups excluding carboxylic acids is 2. The number of hydrogen-bond acceptors (Lipinski definition) is 8. The largest absolute Gasteiger partial charge is 0.467 e. The minimum absolute atomic E-state index is 0.0279. The molecule has 0 saturated carbocycles. The van der Waals surface area contributed by atoms with Crippen molar-refractivity contribution < 1.29 is 22.8 Å². The Balaban J connectivity index is 1.39. The molecule has 2 N–H and O–H groups in total. The highest BCUT2D eigenvalue weighted by atomic mass is 32.2. The van der Waals surface area contributed by atoms with Gasteiger partial charge < -0.3 is 23.9 Å². The SMILES string of the molecule is O=C(CSc1nc2cc(C(=O)NCc3ccco3)ccc2c(=O)n1Cc1ccco1)NCc1ccco1. The lowest BCUT2D eigenvalue weighted by atomic mass is 10.1. The first-order chi connectivity index (χ1) is 18.1. The van der Waals surface area contributed by atoms with Crippen LogP contribution in [0.4, 0.5) is 0 Å². The van der Waals surface area contributed by atoms with E-state index in [1.807, 2.05) is 0 Å². The summed E-state index contributed by atoms with van der Waals surface area (Å²) in [7, 11) is 0. The van der Waals surface area contributed by atoms with Gasteiger partial charge in [-0.15, -0.1) is 0 Å². The molecular weight excluding hydrogens is 496 g/mol. The molecule has 2 amide bonds. The number of aromatic nitrogens is 2. The molecule has 0 saturated heterocycles. The second-order valence-corrected chi connectivity index (χ2v) is 8.95. The summed E-state index contributed by atoms with van der Waals surface area (Å²) in [5, 5.41) is 6.23. The Bertz CT molecular complexity index is 1560. The van der Waals surface area contributed by atoms with Gasteiger partial charge >= 0.3 is 0 Å². The number of rotatable bonds is 10. The minimum atomic E-state index is -0.327. The molecule has 0 aliphatic carbocycles. The number of thioether (sulfide) groups is 1. The zero-order valence-electron chi connectivity index (χ0n) is 19.5. The molecule has 37 heavy (non-hydrogen) atoms. The molecule has 0 radical (unpaired) electrons. The standard InChI is InChI=1S/C26H22N4O6S/c31-23(27-13-18-4-1-9-34-18)16-37-26-29-22-12-17(24(32)28-14-19-5-2-10-35-19)7-8-21(22)25(33)30(26)15-20-6-3-11-36-20/h1-12H,13-16H2,(H,27,31)(H,28,32). The predicted molar refractivity (Wildman–Crippen MR) is 135 cm³/mol. The summed E-state index contributed by atoms with van der Waals surface area (Å²) in [5.41, 5.74) is 0.397. The first-order valence-electron chi connectivity index (χ1n) is 11.4. The third-order valence-corrected chi connectivity index (χ3v) is 6.43. The van der Waals surface area contributed by atoms with E-state index in [1.165, 1.54) is 23.4 Å². The Morgan fingerprint density at radius 1 is 0.865 bits per heavy atom.